The van der Waals surface area contributed by atoms with Crippen LogP contribution >= 0.6 is 11.9 Å². The lowest BCUT2D eigenvalue weighted by Crippen LogP contribution is -2.30. The van der Waals surface area contributed by atoms with Crippen molar-refractivity contribution < 1.29 is 4.79 Å². The van der Waals surface area contributed by atoms with Crippen molar-refractivity contribution in [3.63, 3.8) is 0 Å². The van der Waals surface area contributed by atoms with E-state index in [9.17, 15) is 9.70 Å². The minimum absolute atomic E-state index is 0.381. The maximum absolute atomic E-state index is 9.96. The summed E-state index contributed by atoms with van der Waals surface area (Å²) in [7, 11) is 0. The number of nitroso groups, excluding NO2 is 1. The Bertz CT molecular complexity index is 107. The quantitative estimate of drug-likeness (QED) is 0.337. The van der Waals surface area contributed by atoms with E-state index in [-0.39, 0.29) is 0 Å². The van der Waals surface area contributed by atoms with Crippen LogP contribution < -0.4 is 11.1 Å². The Kier molecular flexibility index (Phi) is 4.89. The number of nitrogens with two attached hydrogens (primary N) is 1. The summed E-state index contributed by atoms with van der Waals surface area (Å²) < 4.78 is 2.51. The lowest BCUT2D eigenvalue weighted by Gasteiger charge is -1.94. The normalized spacial score (nSPS) is 8.44. The average Bonchev–Trinajstić information content (AvgIpc) is 1.80. The van der Waals surface area contributed by atoms with Crippen LogP contribution in [0.2, 0.25) is 0 Å². The lowest BCUT2D eigenvalue weighted by atomic mass is 10.7. The molecule has 0 unspecified atom stereocenters. The van der Waals surface area contributed by atoms with Crippen LogP contribution in [0, 0.1) is 4.91 Å². The molecule has 0 saturated heterocycles. The molecule has 9 heavy (non-hydrogen) atoms. The van der Waals surface area contributed by atoms with Gasteiger partial charge in [0.05, 0.1) is 0 Å². The molecule has 6 heteroatoms. The predicted octanol–water partition coefficient (Wildman–Crippen LogP) is 0.0693. The van der Waals surface area contributed by atoms with Gasteiger partial charge >= 0.3 is 6.03 Å². The van der Waals surface area contributed by atoms with E-state index in [1.165, 1.54) is 0 Å². The molecule has 52 valence electrons. The lowest BCUT2D eigenvalue weighted by molar-refractivity contribution is 0.249. The minimum atomic E-state index is -0.582. The molecule has 0 aliphatic carbocycles. The standard InChI is InChI=1S/C3H7N3O2S/c4-3(7)5-1-2-9-6-8/h1-2H2,(H3,4,5,7). The van der Waals surface area contributed by atoms with Crippen LogP contribution in [0.4, 0.5) is 4.79 Å². The maximum atomic E-state index is 9.96. The fourth-order valence-electron chi connectivity index (χ4n) is 0.257. The summed E-state index contributed by atoms with van der Waals surface area (Å²) in [6, 6.07) is -0.582. The van der Waals surface area contributed by atoms with E-state index in [1.54, 1.807) is 0 Å². The summed E-state index contributed by atoms with van der Waals surface area (Å²) in [5.41, 5.74) is 4.71. The van der Waals surface area contributed by atoms with Crippen molar-refractivity contribution in [1.29, 1.82) is 0 Å². The number of urea groups is 1. The zero-order chi connectivity index (χ0) is 7.11. The molecule has 0 rings (SSSR count). The molecule has 0 aromatic heterocycles. The summed E-state index contributed by atoms with van der Waals surface area (Å²) in [5, 5.41) is 2.30. The number of rotatable bonds is 4. The Morgan fingerprint density at radius 3 is 2.89 bits per heavy atom. The molecular weight excluding hydrogens is 142 g/mol. The molecule has 0 radical (unpaired) electrons. The molecule has 2 amide bonds. The first kappa shape index (κ1) is 8.22. The van der Waals surface area contributed by atoms with Gasteiger partial charge in [-0.1, -0.05) is 0 Å². The predicted molar refractivity (Wildman–Crippen MR) is 35.8 cm³/mol. The van der Waals surface area contributed by atoms with Crippen molar-refractivity contribution >= 4 is 18.0 Å². The van der Waals surface area contributed by atoms with E-state index >= 15 is 0 Å². The summed E-state index contributed by atoms with van der Waals surface area (Å²) in [5.74, 6) is 0.465. The van der Waals surface area contributed by atoms with Crippen molar-refractivity contribution in [2.24, 2.45) is 10.3 Å². The topological polar surface area (TPSA) is 84.6 Å². The number of hydrogen-bond acceptors (Lipinski definition) is 4. The van der Waals surface area contributed by atoms with Gasteiger partial charge in [0, 0.05) is 28.8 Å². The SMILES string of the molecule is NC(=O)NCCSN=O. The summed E-state index contributed by atoms with van der Waals surface area (Å²) in [6.45, 7) is 0.381. The zero-order valence-corrected chi connectivity index (χ0v) is 5.48. The molecule has 0 spiro atoms. The summed E-state index contributed by atoms with van der Waals surface area (Å²) in [4.78, 5) is 19.4. The molecule has 3 N–H and O–H groups in total. The number of carbonyl (C=O) groups is 1. The smallest absolute Gasteiger partial charge is 0.312 e. The number of carbonyl (C=O) groups excluding carboxylic acids is 1. The number of amides is 2. The molecule has 0 aromatic rings. The number of hydrogen-bond donors (Lipinski definition) is 2. The first-order valence-corrected chi connectivity index (χ1v) is 3.19. The van der Waals surface area contributed by atoms with E-state index in [1.807, 2.05) is 0 Å². The zero-order valence-electron chi connectivity index (χ0n) is 4.66. The van der Waals surface area contributed by atoms with Crippen LogP contribution in [0.3, 0.4) is 0 Å². The van der Waals surface area contributed by atoms with Crippen molar-refractivity contribution in [2.75, 3.05) is 12.3 Å². The van der Waals surface area contributed by atoms with Crippen LogP contribution in [0.5, 0.6) is 0 Å². The molecule has 0 heterocycles. The van der Waals surface area contributed by atoms with Crippen LogP contribution in [-0.2, 0) is 0 Å². The van der Waals surface area contributed by atoms with Gasteiger partial charge in [0.15, 0.2) is 0 Å². The van der Waals surface area contributed by atoms with Gasteiger partial charge in [-0.2, -0.15) is 0 Å². The second-order valence-corrected chi connectivity index (χ2v) is 2.01. The van der Waals surface area contributed by atoms with Crippen LogP contribution in [0.15, 0.2) is 4.58 Å². The Morgan fingerprint density at radius 2 is 2.44 bits per heavy atom. The van der Waals surface area contributed by atoms with Crippen molar-refractivity contribution in [3.05, 3.63) is 4.91 Å². The molecule has 0 saturated carbocycles. The van der Waals surface area contributed by atoms with Gasteiger partial charge in [-0.05, 0) is 0 Å². The molecule has 5 nitrogen and oxygen atoms in total. The largest absolute Gasteiger partial charge is 0.352 e. The van der Waals surface area contributed by atoms with Gasteiger partial charge in [0.2, 0.25) is 0 Å². The van der Waals surface area contributed by atoms with Crippen LogP contribution in [0.1, 0.15) is 0 Å². The highest BCUT2D eigenvalue weighted by molar-refractivity contribution is 7.97. The summed E-state index contributed by atoms with van der Waals surface area (Å²) in [6.07, 6.45) is 0. The van der Waals surface area contributed by atoms with E-state index in [0.29, 0.717) is 12.3 Å². The molecule has 0 bridgehead atoms. The minimum Gasteiger partial charge on any atom is -0.352 e. The van der Waals surface area contributed by atoms with Gasteiger partial charge in [0.25, 0.3) is 0 Å². The van der Waals surface area contributed by atoms with Gasteiger partial charge in [-0.25, -0.2) is 4.79 Å². The average molecular weight is 149 g/mol. The van der Waals surface area contributed by atoms with Crippen molar-refractivity contribution in [3.8, 4) is 0 Å². The first-order chi connectivity index (χ1) is 4.27. The van der Waals surface area contributed by atoms with Gasteiger partial charge in [-0.3, -0.25) is 0 Å². The molecule has 0 aromatic carbocycles. The summed E-state index contributed by atoms with van der Waals surface area (Å²) >= 11 is 0.849. The third-order valence-electron chi connectivity index (χ3n) is 0.545. The third kappa shape index (κ3) is 7.22. The molecule has 0 aliphatic heterocycles. The number of nitrogens with zero attached hydrogens (tertiary/aromatic N) is 1. The van der Waals surface area contributed by atoms with E-state index < -0.39 is 6.03 Å². The van der Waals surface area contributed by atoms with Crippen LogP contribution in [-0.4, -0.2) is 18.3 Å². The highest BCUT2D eigenvalue weighted by atomic mass is 32.2. The number of primary amides is 1. The van der Waals surface area contributed by atoms with Gasteiger partial charge in [0.1, 0.15) is 0 Å². The Hall–Kier alpha value is -0.780. The van der Waals surface area contributed by atoms with E-state index in [0.717, 1.165) is 11.9 Å². The maximum Gasteiger partial charge on any atom is 0.312 e. The first-order valence-electron chi connectivity index (χ1n) is 2.25. The highest BCUT2D eigenvalue weighted by Gasteiger charge is 1.89. The van der Waals surface area contributed by atoms with Gasteiger partial charge in [-0.15, -0.1) is 4.91 Å². The molecule has 0 aliphatic rings. The monoisotopic (exact) mass is 149 g/mol. The van der Waals surface area contributed by atoms with E-state index in [2.05, 4.69) is 9.90 Å². The fraction of sp³-hybridized carbons (Fsp3) is 0.667. The second-order valence-electron chi connectivity index (χ2n) is 1.20. The molecule has 0 fully saturated rings. The van der Waals surface area contributed by atoms with Crippen LogP contribution in [0.25, 0.3) is 0 Å². The molecular formula is C3H7N3O2S. The Morgan fingerprint density at radius 1 is 1.78 bits per heavy atom. The molecule has 0 atom stereocenters. The Balaban J connectivity index is 2.91. The van der Waals surface area contributed by atoms with Gasteiger partial charge < -0.3 is 11.1 Å². The highest BCUT2D eigenvalue weighted by Crippen LogP contribution is 1.96. The Labute approximate surface area is 56.5 Å². The van der Waals surface area contributed by atoms with E-state index in [4.69, 9.17) is 5.73 Å². The van der Waals surface area contributed by atoms with Crippen molar-refractivity contribution in [2.45, 2.75) is 0 Å². The second kappa shape index (κ2) is 5.36. The number of nitrogens with one attached hydrogen (secondary N) is 1. The third-order valence-corrected chi connectivity index (χ3v) is 1.04. The van der Waals surface area contributed by atoms with Crippen molar-refractivity contribution in [1.82, 2.24) is 5.32 Å². The fourth-order valence-corrected chi connectivity index (χ4v) is 0.525.